The van der Waals surface area contributed by atoms with Crippen LogP contribution >= 0.6 is 0 Å². The fourth-order valence-electron chi connectivity index (χ4n) is 1.69. The summed E-state index contributed by atoms with van der Waals surface area (Å²) in [6, 6.07) is 3.54. The molecule has 0 aliphatic heterocycles. The van der Waals surface area contributed by atoms with Gasteiger partial charge in [-0.15, -0.1) is 5.10 Å². The van der Waals surface area contributed by atoms with Crippen LogP contribution in [0.4, 0.5) is 4.39 Å². The van der Waals surface area contributed by atoms with Crippen molar-refractivity contribution in [3.05, 3.63) is 35.3 Å². The maximum Gasteiger partial charge on any atom is 0.361 e. The van der Waals surface area contributed by atoms with E-state index in [2.05, 4.69) is 15.4 Å². The Morgan fingerprint density at radius 2 is 2.15 bits per heavy atom. The Bertz CT molecular complexity index is 668. The lowest BCUT2D eigenvalue weighted by atomic mass is 10.0. The lowest BCUT2D eigenvalue weighted by Crippen LogP contribution is -2.09. The van der Waals surface area contributed by atoms with Gasteiger partial charge in [0.2, 0.25) is 0 Å². The number of halogens is 1. The minimum atomic E-state index is -1.34. The van der Waals surface area contributed by atoms with Gasteiger partial charge in [-0.3, -0.25) is 0 Å². The van der Waals surface area contributed by atoms with E-state index in [0.29, 0.717) is 0 Å². The molecule has 0 fully saturated rings. The molecule has 1 aromatic heterocycles. The number of rotatable bonds is 4. The van der Waals surface area contributed by atoms with E-state index in [9.17, 15) is 14.0 Å². The Balaban J connectivity index is 2.61. The minimum absolute atomic E-state index is 0.105. The van der Waals surface area contributed by atoms with Crippen molar-refractivity contribution in [3.63, 3.8) is 0 Å². The van der Waals surface area contributed by atoms with E-state index in [1.807, 2.05) is 0 Å². The average molecular weight is 279 g/mol. The van der Waals surface area contributed by atoms with Crippen molar-refractivity contribution < 1.29 is 23.8 Å². The first-order valence-electron chi connectivity index (χ1n) is 5.66. The molecule has 2 rings (SSSR count). The number of H-pyrrole nitrogens is 1. The van der Waals surface area contributed by atoms with Crippen molar-refractivity contribution in [2.24, 2.45) is 0 Å². The first kappa shape index (κ1) is 13.7. The van der Waals surface area contributed by atoms with Crippen LogP contribution < -0.4 is 0 Å². The molecular weight excluding hydrogens is 269 g/mol. The highest BCUT2D eigenvalue weighted by Crippen LogP contribution is 2.27. The Hall–Kier alpha value is -2.77. The molecule has 0 radical (unpaired) electrons. The quantitative estimate of drug-likeness (QED) is 0.821. The number of nitrogens with one attached hydrogen (secondary N) is 1. The molecule has 20 heavy (non-hydrogen) atoms. The van der Waals surface area contributed by atoms with Crippen LogP contribution in [0.15, 0.2) is 18.2 Å². The van der Waals surface area contributed by atoms with E-state index in [0.717, 1.165) is 6.07 Å². The smallest absolute Gasteiger partial charge is 0.361 e. The van der Waals surface area contributed by atoms with Gasteiger partial charge in [-0.2, -0.15) is 10.3 Å². The van der Waals surface area contributed by atoms with Crippen molar-refractivity contribution in [1.82, 2.24) is 15.4 Å². The first-order valence-corrected chi connectivity index (χ1v) is 5.66. The lowest BCUT2D eigenvalue weighted by Gasteiger charge is -2.06. The molecule has 2 N–H and O–H groups in total. The number of carbonyl (C=O) groups excluding carboxylic acids is 1. The predicted octanol–water partition coefficient (Wildman–Crippen LogP) is 1.49. The fourth-order valence-corrected chi connectivity index (χ4v) is 1.69. The standard InChI is InChI=1S/C12H10FN3O4/c1-2-20-12(19)10-9(14-16-15-10)8-6(11(17)18)4-3-5-7(8)13/h3-5H,2H2,1H3,(H,17,18)(H,14,15,16). The van der Waals surface area contributed by atoms with Gasteiger partial charge in [-0.05, 0) is 19.1 Å². The van der Waals surface area contributed by atoms with Crippen molar-refractivity contribution >= 4 is 11.9 Å². The van der Waals surface area contributed by atoms with E-state index < -0.39 is 17.8 Å². The van der Waals surface area contributed by atoms with Gasteiger partial charge in [0.1, 0.15) is 11.5 Å². The first-order chi connectivity index (χ1) is 9.56. The van der Waals surface area contributed by atoms with Crippen molar-refractivity contribution in [2.45, 2.75) is 6.92 Å². The van der Waals surface area contributed by atoms with Crippen LogP contribution in [0.5, 0.6) is 0 Å². The third-order valence-corrected chi connectivity index (χ3v) is 2.50. The Labute approximate surface area is 112 Å². The number of aromatic amines is 1. The molecular formula is C12H10FN3O4. The summed E-state index contributed by atoms with van der Waals surface area (Å²) in [7, 11) is 0. The van der Waals surface area contributed by atoms with Crippen LogP contribution in [0.25, 0.3) is 11.3 Å². The summed E-state index contributed by atoms with van der Waals surface area (Å²) in [5.41, 5.74) is -1.08. The van der Waals surface area contributed by atoms with Crippen LogP contribution in [0, 0.1) is 5.82 Å². The minimum Gasteiger partial charge on any atom is -0.478 e. The third-order valence-electron chi connectivity index (χ3n) is 2.50. The van der Waals surface area contributed by atoms with Gasteiger partial charge in [0.25, 0.3) is 0 Å². The molecule has 1 aromatic carbocycles. The molecule has 1 heterocycles. The molecule has 0 atom stereocenters. The molecule has 0 saturated heterocycles. The summed E-state index contributed by atoms with van der Waals surface area (Å²) in [6.45, 7) is 1.71. The molecule has 104 valence electrons. The number of esters is 1. The number of carboxylic acid groups (broad SMARTS) is 1. The summed E-state index contributed by atoms with van der Waals surface area (Å²) in [5.74, 6) is -2.96. The largest absolute Gasteiger partial charge is 0.478 e. The molecule has 0 aliphatic rings. The monoisotopic (exact) mass is 279 g/mol. The summed E-state index contributed by atoms with van der Waals surface area (Å²) in [4.78, 5) is 22.8. The van der Waals surface area contributed by atoms with Gasteiger partial charge in [-0.25, -0.2) is 14.0 Å². The lowest BCUT2D eigenvalue weighted by molar-refractivity contribution is 0.0519. The molecule has 0 unspecified atom stereocenters. The van der Waals surface area contributed by atoms with Crippen LogP contribution in [0.2, 0.25) is 0 Å². The van der Waals surface area contributed by atoms with E-state index in [4.69, 9.17) is 9.84 Å². The second-order valence-electron chi connectivity index (χ2n) is 3.71. The maximum atomic E-state index is 13.9. The van der Waals surface area contributed by atoms with Gasteiger partial charge in [-0.1, -0.05) is 6.07 Å². The molecule has 0 aliphatic carbocycles. The van der Waals surface area contributed by atoms with Gasteiger partial charge in [0, 0.05) is 0 Å². The fraction of sp³-hybridized carbons (Fsp3) is 0.167. The molecule has 0 saturated carbocycles. The molecule has 8 heteroatoms. The number of hydrogen-bond acceptors (Lipinski definition) is 5. The van der Waals surface area contributed by atoms with Crippen molar-refractivity contribution in [2.75, 3.05) is 6.61 Å². The maximum absolute atomic E-state index is 13.9. The highest BCUT2D eigenvalue weighted by molar-refractivity contribution is 6.00. The van der Waals surface area contributed by atoms with Crippen molar-refractivity contribution in [1.29, 1.82) is 0 Å². The zero-order valence-electron chi connectivity index (χ0n) is 10.4. The number of carbonyl (C=O) groups is 2. The number of benzene rings is 1. The number of hydrogen-bond donors (Lipinski definition) is 2. The summed E-state index contributed by atoms with van der Waals surface area (Å²) in [5, 5.41) is 18.5. The highest BCUT2D eigenvalue weighted by Gasteiger charge is 2.25. The van der Waals surface area contributed by atoms with Crippen LogP contribution in [-0.2, 0) is 4.74 Å². The van der Waals surface area contributed by atoms with Gasteiger partial charge < -0.3 is 9.84 Å². The van der Waals surface area contributed by atoms with Gasteiger partial charge >= 0.3 is 11.9 Å². The summed E-state index contributed by atoms with van der Waals surface area (Å²) < 4.78 is 18.7. The Morgan fingerprint density at radius 1 is 1.40 bits per heavy atom. The summed E-state index contributed by atoms with van der Waals surface area (Å²) in [6.07, 6.45) is 0. The second-order valence-corrected chi connectivity index (χ2v) is 3.71. The Morgan fingerprint density at radius 3 is 2.80 bits per heavy atom. The highest BCUT2D eigenvalue weighted by atomic mass is 19.1. The molecule has 7 nitrogen and oxygen atoms in total. The number of aromatic nitrogens is 3. The zero-order chi connectivity index (χ0) is 14.7. The molecule has 0 bridgehead atoms. The topological polar surface area (TPSA) is 105 Å². The predicted molar refractivity (Wildman–Crippen MR) is 64.7 cm³/mol. The van der Waals surface area contributed by atoms with E-state index in [1.165, 1.54) is 12.1 Å². The van der Waals surface area contributed by atoms with E-state index in [-0.39, 0.29) is 29.1 Å². The zero-order valence-corrected chi connectivity index (χ0v) is 10.4. The summed E-state index contributed by atoms with van der Waals surface area (Å²) >= 11 is 0. The number of carboxylic acids is 1. The van der Waals surface area contributed by atoms with Crippen LogP contribution in [-0.4, -0.2) is 39.1 Å². The Kier molecular flexibility index (Phi) is 3.74. The number of aromatic carboxylic acids is 1. The van der Waals surface area contributed by atoms with Crippen LogP contribution in [0.1, 0.15) is 27.8 Å². The number of nitrogens with zero attached hydrogens (tertiary/aromatic N) is 2. The van der Waals surface area contributed by atoms with Gasteiger partial charge in [0.05, 0.1) is 17.7 Å². The van der Waals surface area contributed by atoms with E-state index >= 15 is 0 Å². The number of ether oxygens (including phenoxy) is 1. The molecule has 0 spiro atoms. The third kappa shape index (κ3) is 2.35. The van der Waals surface area contributed by atoms with Crippen LogP contribution in [0.3, 0.4) is 0 Å². The normalized spacial score (nSPS) is 10.3. The second kappa shape index (κ2) is 5.47. The SMILES string of the molecule is CCOC(=O)c1n[nH]nc1-c1c(F)cccc1C(=O)O. The molecule has 2 aromatic rings. The van der Waals surface area contributed by atoms with Crippen molar-refractivity contribution in [3.8, 4) is 11.3 Å². The molecule has 0 amide bonds. The van der Waals surface area contributed by atoms with E-state index in [1.54, 1.807) is 6.92 Å². The van der Waals surface area contributed by atoms with Gasteiger partial charge in [0.15, 0.2) is 5.69 Å². The average Bonchev–Trinajstić information content (AvgIpc) is 2.87.